The van der Waals surface area contributed by atoms with Crippen LogP contribution in [-0.2, 0) is 21.5 Å². The summed E-state index contributed by atoms with van der Waals surface area (Å²) in [5.74, 6) is 1.73. The number of esters is 1. The second-order valence-corrected chi connectivity index (χ2v) is 7.44. The normalized spacial score (nSPS) is 34.1. The van der Waals surface area contributed by atoms with Gasteiger partial charge in [0, 0.05) is 36.8 Å². The lowest BCUT2D eigenvalue weighted by atomic mass is 9.69. The number of ether oxygens (including phenoxy) is 3. The van der Waals surface area contributed by atoms with Gasteiger partial charge in [0.05, 0.1) is 7.11 Å². The Balaban J connectivity index is 1.86. The first-order chi connectivity index (χ1) is 11.5. The lowest BCUT2D eigenvalue weighted by molar-refractivity contribution is -0.148. The van der Waals surface area contributed by atoms with Gasteiger partial charge in [-0.3, -0.25) is 4.79 Å². The molecule has 5 heteroatoms. The molecule has 0 aromatic heterocycles. The van der Waals surface area contributed by atoms with E-state index in [-0.39, 0.29) is 29.5 Å². The van der Waals surface area contributed by atoms with Crippen LogP contribution in [-0.4, -0.2) is 43.8 Å². The minimum absolute atomic E-state index is 0.0494. The summed E-state index contributed by atoms with van der Waals surface area (Å²) in [6.45, 7) is 5.62. The minimum atomic E-state index is -0.208. The fourth-order valence-corrected chi connectivity index (χ4v) is 5.08. The first-order valence-corrected chi connectivity index (χ1v) is 8.70. The maximum atomic E-state index is 11.5. The molecule has 1 fully saturated rings. The maximum absolute atomic E-state index is 11.5. The third kappa shape index (κ3) is 2.00. The van der Waals surface area contributed by atoms with Gasteiger partial charge in [0.2, 0.25) is 0 Å². The zero-order chi connectivity index (χ0) is 17.1. The van der Waals surface area contributed by atoms with Crippen molar-refractivity contribution in [2.75, 3.05) is 20.7 Å². The molecule has 0 amide bonds. The molecule has 1 aliphatic carbocycles. The van der Waals surface area contributed by atoms with Crippen molar-refractivity contribution in [3.8, 4) is 11.5 Å². The second-order valence-electron chi connectivity index (χ2n) is 7.44. The molecule has 0 saturated heterocycles. The van der Waals surface area contributed by atoms with Crippen molar-refractivity contribution >= 4 is 5.97 Å². The molecule has 0 bridgehead atoms. The number of hydrogen-bond acceptors (Lipinski definition) is 5. The van der Waals surface area contributed by atoms with Crippen LogP contribution in [0, 0.1) is 5.92 Å². The van der Waals surface area contributed by atoms with Crippen molar-refractivity contribution in [3.63, 3.8) is 0 Å². The summed E-state index contributed by atoms with van der Waals surface area (Å²) < 4.78 is 17.6. The molecule has 0 radical (unpaired) electrons. The van der Waals surface area contributed by atoms with Crippen LogP contribution in [0.4, 0.5) is 0 Å². The van der Waals surface area contributed by atoms with E-state index in [0.29, 0.717) is 0 Å². The highest BCUT2D eigenvalue weighted by atomic mass is 16.6. The lowest BCUT2D eigenvalue weighted by Crippen LogP contribution is -2.40. The van der Waals surface area contributed by atoms with Gasteiger partial charge in [-0.1, -0.05) is 13.0 Å². The van der Waals surface area contributed by atoms with Crippen molar-refractivity contribution in [1.29, 1.82) is 0 Å². The van der Waals surface area contributed by atoms with Crippen LogP contribution in [0.5, 0.6) is 11.5 Å². The topological polar surface area (TPSA) is 48.0 Å². The van der Waals surface area contributed by atoms with Gasteiger partial charge >= 0.3 is 5.97 Å². The Hall–Kier alpha value is -1.75. The molecule has 3 aliphatic rings. The van der Waals surface area contributed by atoms with Crippen LogP contribution in [0.25, 0.3) is 0 Å². The van der Waals surface area contributed by atoms with Crippen LogP contribution in [0.1, 0.15) is 37.8 Å². The highest BCUT2D eigenvalue weighted by molar-refractivity contribution is 5.66. The number of carbonyl (C=O) groups is 1. The van der Waals surface area contributed by atoms with Crippen molar-refractivity contribution in [2.45, 2.75) is 50.9 Å². The standard InChI is InChI=1S/C19H25NO4/c1-11-15(23-12(2)21)9-16-19(11)7-8-20(3)10-13-5-6-14(22-4)18(24-16)17(13)19/h5-6,11,15-16H,7-10H2,1-4H3/t11?,15-,16+,19-/m1/s1. The second kappa shape index (κ2) is 5.38. The molecule has 4 rings (SSSR count). The molecule has 1 saturated carbocycles. The Bertz CT molecular complexity index is 688. The van der Waals surface area contributed by atoms with Gasteiger partial charge in [0.25, 0.3) is 0 Å². The summed E-state index contributed by atoms with van der Waals surface area (Å²) >= 11 is 0. The largest absolute Gasteiger partial charge is 0.493 e. The third-order valence-electron chi connectivity index (χ3n) is 6.21. The summed E-state index contributed by atoms with van der Waals surface area (Å²) in [4.78, 5) is 13.9. The first-order valence-electron chi connectivity index (χ1n) is 8.70. The highest BCUT2D eigenvalue weighted by Crippen LogP contribution is 2.61. The molecule has 1 aromatic carbocycles. The summed E-state index contributed by atoms with van der Waals surface area (Å²) in [6, 6.07) is 4.18. The van der Waals surface area contributed by atoms with Gasteiger partial charge in [-0.25, -0.2) is 0 Å². The van der Waals surface area contributed by atoms with Gasteiger partial charge < -0.3 is 19.1 Å². The van der Waals surface area contributed by atoms with Gasteiger partial charge in [-0.15, -0.1) is 0 Å². The van der Waals surface area contributed by atoms with E-state index >= 15 is 0 Å². The molecule has 2 aliphatic heterocycles. The quantitative estimate of drug-likeness (QED) is 0.779. The number of hydrogen-bond donors (Lipinski definition) is 0. The van der Waals surface area contributed by atoms with E-state index in [9.17, 15) is 4.79 Å². The predicted octanol–water partition coefficient (Wildman–Crippen LogP) is 2.50. The summed E-state index contributed by atoms with van der Waals surface area (Å²) in [7, 11) is 3.85. The zero-order valence-corrected chi connectivity index (χ0v) is 14.8. The number of nitrogens with zero attached hydrogens (tertiary/aromatic N) is 1. The molecule has 4 atom stereocenters. The average molecular weight is 331 g/mol. The third-order valence-corrected chi connectivity index (χ3v) is 6.21. The Labute approximate surface area is 142 Å². The molecule has 1 aromatic rings. The van der Waals surface area contributed by atoms with Crippen LogP contribution < -0.4 is 9.47 Å². The van der Waals surface area contributed by atoms with Crippen LogP contribution in [0.2, 0.25) is 0 Å². The Morgan fingerprint density at radius 1 is 1.42 bits per heavy atom. The van der Waals surface area contributed by atoms with Crippen LogP contribution in [0.15, 0.2) is 12.1 Å². The van der Waals surface area contributed by atoms with E-state index in [0.717, 1.165) is 37.4 Å². The minimum Gasteiger partial charge on any atom is -0.493 e. The lowest BCUT2D eigenvalue weighted by Gasteiger charge is -2.33. The molecule has 1 unspecified atom stereocenters. The van der Waals surface area contributed by atoms with Crippen LogP contribution in [0.3, 0.4) is 0 Å². The van der Waals surface area contributed by atoms with Crippen molar-refractivity contribution in [3.05, 3.63) is 23.3 Å². The van der Waals surface area contributed by atoms with E-state index in [1.807, 2.05) is 6.07 Å². The monoisotopic (exact) mass is 331 g/mol. The smallest absolute Gasteiger partial charge is 0.302 e. The van der Waals surface area contributed by atoms with Crippen LogP contribution >= 0.6 is 0 Å². The number of rotatable bonds is 2. The van der Waals surface area contributed by atoms with E-state index in [1.165, 1.54) is 18.1 Å². The first kappa shape index (κ1) is 15.8. The van der Waals surface area contributed by atoms with Crippen molar-refractivity contribution < 1.29 is 19.0 Å². The van der Waals surface area contributed by atoms with E-state index in [2.05, 4.69) is 24.9 Å². The van der Waals surface area contributed by atoms with Gasteiger partial charge in [-0.05, 0) is 31.6 Å². The number of methoxy groups -OCH3 is 1. The van der Waals surface area contributed by atoms with E-state index < -0.39 is 0 Å². The fraction of sp³-hybridized carbons (Fsp3) is 0.632. The van der Waals surface area contributed by atoms with Crippen molar-refractivity contribution in [2.24, 2.45) is 5.92 Å². The van der Waals surface area contributed by atoms with E-state index in [4.69, 9.17) is 14.2 Å². The van der Waals surface area contributed by atoms with Gasteiger partial charge in [0.15, 0.2) is 11.5 Å². The molecular weight excluding hydrogens is 306 g/mol. The maximum Gasteiger partial charge on any atom is 0.302 e. The molecular formula is C19H25NO4. The molecule has 2 heterocycles. The summed E-state index contributed by atoms with van der Waals surface area (Å²) in [5.41, 5.74) is 2.51. The van der Waals surface area contributed by atoms with E-state index in [1.54, 1.807) is 7.11 Å². The Kier molecular flexibility index (Phi) is 3.53. The average Bonchev–Trinajstić information content (AvgIpc) is 2.91. The summed E-state index contributed by atoms with van der Waals surface area (Å²) in [5, 5.41) is 0. The molecule has 130 valence electrons. The fourth-order valence-electron chi connectivity index (χ4n) is 5.08. The molecule has 5 nitrogen and oxygen atoms in total. The SMILES string of the molecule is COc1ccc2c3c1O[C@H]1C[C@@H](OC(C)=O)C(C)[C@@]31CCN(C)C2. The Morgan fingerprint density at radius 2 is 2.21 bits per heavy atom. The van der Waals surface area contributed by atoms with Crippen molar-refractivity contribution in [1.82, 2.24) is 4.90 Å². The Morgan fingerprint density at radius 3 is 2.92 bits per heavy atom. The zero-order valence-electron chi connectivity index (χ0n) is 14.8. The van der Waals surface area contributed by atoms with Gasteiger partial charge in [0.1, 0.15) is 12.2 Å². The molecule has 0 N–H and O–H groups in total. The van der Waals surface area contributed by atoms with Gasteiger partial charge in [-0.2, -0.15) is 0 Å². The molecule has 1 spiro atoms. The molecule has 24 heavy (non-hydrogen) atoms. The predicted molar refractivity (Wildman–Crippen MR) is 89.4 cm³/mol. The highest BCUT2D eigenvalue weighted by Gasteiger charge is 2.62. The number of benzene rings is 1. The number of carbonyl (C=O) groups excluding carboxylic acids is 1. The summed E-state index contributed by atoms with van der Waals surface area (Å²) in [6.07, 6.45) is 1.73.